The van der Waals surface area contributed by atoms with E-state index in [1.807, 2.05) is 0 Å². The van der Waals surface area contributed by atoms with Gasteiger partial charge in [0.1, 0.15) is 12.1 Å². The summed E-state index contributed by atoms with van der Waals surface area (Å²) in [6.45, 7) is 2.41. The number of carbonyl (C=O) groups excluding carboxylic acids is 4. The smallest absolute Gasteiger partial charge is 0.353 e. The van der Waals surface area contributed by atoms with E-state index in [1.54, 1.807) is 10.6 Å². The first kappa shape index (κ1) is 25.5. The number of hydrogen-bond donors (Lipinski definition) is 4. The van der Waals surface area contributed by atoms with Gasteiger partial charge in [0, 0.05) is 24.9 Å². The molecule has 0 aliphatic carbocycles. The first-order valence-corrected chi connectivity index (χ1v) is 8.88. The standard InChI is InChI=1S/C16H22F6N4O4/c1-7-3-11(27)25-10(16(20,21)22)6-14(30)24-8(2)4-12(28)26-9(15(17,18)19)5-13(29)23-7/h7-10H,3-6H2,1-2H3,(H,23,29)(H,24,30)(H,25,27)(H,26,28)/t7-,8-,9-,10?/m0/s1. The molecule has 14 heteroatoms. The Labute approximate surface area is 167 Å². The van der Waals surface area contributed by atoms with Crippen molar-refractivity contribution in [3.63, 3.8) is 0 Å². The zero-order valence-electron chi connectivity index (χ0n) is 16.0. The van der Waals surface area contributed by atoms with E-state index in [1.165, 1.54) is 13.8 Å². The number of amides is 4. The first-order valence-electron chi connectivity index (χ1n) is 8.88. The fraction of sp³-hybridized carbons (Fsp3) is 0.750. The molecule has 30 heavy (non-hydrogen) atoms. The van der Waals surface area contributed by atoms with Crippen molar-refractivity contribution < 1.29 is 45.5 Å². The van der Waals surface area contributed by atoms with Gasteiger partial charge in [0.25, 0.3) is 0 Å². The predicted octanol–water partition coefficient (Wildman–Crippen LogP) is 0.664. The van der Waals surface area contributed by atoms with Gasteiger partial charge in [0.2, 0.25) is 23.6 Å². The largest absolute Gasteiger partial charge is 0.409 e. The van der Waals surface area contributed by atoms with Crippen LogP contribution in [0.1, 0.15) is 39.5 Å². The second kappa shape index (κ2) is 9.98. The van der Waals surface area contributed by atoms with Crippen LogP contribution in [0.5, 0.6) is 0 Å². The molecule has 1 aliphatic heterocycles. The highest BCUT2D eigenvalue weighted by Crippen LogP contribution is 2.24. The molecule has 172 valence electrons. The number of rotatable bonds is 0. The Hall–Kier alpha value is -2.54. The van der Waals surface area contributed by atoms with E-state index in [4.69, 9.17) is 0 Å². The topological polar surface area (TPSA) is 116 Å². The summed E-state index contributed by atoms with van der Waals surface area (Å²) >= 11 is 0. The van der Waals surface area contributed by atoms with Crippen LogP contribution in [-0.4, -0.2) is 60.1 Å². The first-order chi connectivity index (χ1) is 13.6. The highest BCUT2D eigenvalue weighted by molar-refractivity contribution is 5.83. The second-order valence-electron chi connectivity index (χ2n) is 7.08. The molecule has 0 spiro atoms. The van der Waals surface area contributed by atoms with Crippen LogP contribution in [0, 0.1) is 0 Å². The van der Waals surface area contributed by atoms with Gasteiger partial charge in [-0.2, -0.15) is 26.3 Å². The van der Waals surface area contributed by atoms with Gasteiger partial charge in [0.05, 0.1) is 12.8 Å². The molecule has 0 radical (unpaired) electrons. The molecule has 0 aromatic rings. The lowest BCUT2D eigenvalue weighted by molar-refractivity contribution is -0.167. The summed E-state index contributed by atoms with van der Waals surface area (Å²) in [6, 6.07) is -7.23. The fourth-order valence-electron chi connectivity index (χ4n) is 2.70. The lowest BCUT2D eigenvalue weighted by Gasteiger charge is -2.25. The third kappa shape index (κ3) is 8.86. The highest BCUT2D eigenvalue weighted by Gasteiger charge is 2.43. The zero-order valence-corrected chi connectivity index (χ0v) is 16.0. The van der Waals surface area contributed by atoms with Gasteiger partial charge in [-0.3, -0.25) is 19.2 Å². The van der Waals surface area contributed by atoms with E-state index in [-0.39, 0.29) is 0 Å². The normalized spacial score (nSPS) is 28.8. The maximum atomic E-state index is 13.1. The van der Waals surface area contributed by atoms with Crippen LogP contribution in [0.25, 0.3) is 0 Å². The molecule has 1 unspecified atom stereocenters. The minimum Gasteiger partial charge on any atom is -0.353 e. The van der Waals surface area contributed by atoms with E-state index in [0.717, 1.165) is 0 Å². The molecule has 4 amide bonds. The van der Waals surface area contributed by atoms with Crippen LogP contribution in [0.4, 0.5) is 26.3 Å². The van der Waals surface area contributed by atoms with Crippen molar-refractivity contribution in [2.24, 2.45) is 0 Å². The van der Waals surface area contributed by atoms with E-state index in [0.29, 0.717) is 0 Å². The quantitative estimate of drug-likeness (QED) is 0.408. The molecular formula is C16H22F6N4O4. The third-order valence-electron chi connectivity index (χ3n) is 4.04. The SMILES string of the molecule is C[C@H]1CC(=O)NC(C(F)(F)F)CC(=O)N[C@@H](C)CC(=O)N[C@H](C(F)(F)F)CC(=O)N1. The summed E-state index contributed by atoms with van der Waals surface area (Å²) in [5.74, 6) is -4.62. The van der Waals surface area contributed by atoms with Gasteiger partial charge >= 0.3 is 12.4 Å². The molecule has 4 N–H and O–H groups in total. The van der Waals surface area contributed by atoms with Crippen molar-refractivity contribution in [1.29, 1.82) is 0 Å². The van der Waals surface area contributed by atoms with Crippen LogP contribution in [0.3, 0.4) is 0 Å². The van der Waals surface area contributed by atoms with Gasteiger partial charge in [-0.25, -0.2) is 0 Å². The van der Waals surface area contributed by atoms with Gasteiger partial charge in [-0.05, 0) is 13.8 Å². The molecule has 0 aromatic heterocycles. The van der Waals surface area contributed by atoms with Crippen LogP contribution >= 0.6 is 0 Å². The molecule has 1 fully saturated rings. The summed E-state index contributed by atoms with van der Waals surface area (Å²) < 4.78 is 78.7. The minimum absolute atomic E-state index is 0.667. The molecule has 1 rings (SSSR count). The van der Waals surface area contributed by atoms with E-state index >= 15 is 0 Å². The van der Waals surface area contributed by atoms with Crippen molar-refractivity contribution in [2.45, 2.75) is 76.1 Å². The highest BCUT2D eigenvalue weighted by atomic mass is 19.4. The van der Waals surface area contributed by atoms with Gasteiger partial charge < -0.3 is 21.3 Å². The van der Waals surface area contributed by atoms with E-state index < -0.39 is 85.8 Å². The number of alkyl halides is 6. The number of hydrogen-bond acceptors (Lipinski definition) is 4. The Morgan fingerprint density at radius 3 is 1.10 bits per heavy atom. The number of nitrogens with one attached hydrogen (secondary N) is 4. The van der Waals surface area contributed by atoms with Crippen molar-refractivity contribution in [2.75, 3.05) is 0 Å². The monoisotopic (exact) mass is 448 g/mol. The Morgan fingerprint density at radius 1 is 0.567 bits per heavy atom. The average molecular weight is 448 g/mol. The third-order valence-corrected chi connectivity index (χ3v) is 4.04. The summed E-state index contributed by atoms with van der Waals surface area (Å²) in [5, 5.41) is 7.41. The molecule has 1 aliphatic rings. The average Bonchev–Trinajstić information content (AvgIpc) is 2.50. The maximum Gasteiger partial charge on any atom is 0.409 e. The summed E-state index contributed by atoms with van der Waals surface area (Å²) in [7, 11) is 0. The van der Waals surface area contributed by atoms with Crippen LogP contribution in [0.15, 0.2) is 0 Å². The Balaban J connectivity index is 3.07. The summed E-state index contributed by atoms with van der Waals surface area (Å²) in [4.78, 5) is 47.4. The number of halogens is 6. The Kier molecular flexibility index (Phi) is 8.48. The number of carbonyl (C=O) groups is 4. The van der Waals surface area contributed by atoms with E-state index in [9.17, 15) is 45.5 Å². The van der Waals surface area contributed by atoms with Gasteiger partial charge in [0.15, 0.2) is 0 Å². The zero-order chi connectivity index (χ0) is 23.3. The van der Waals surface area contributed by atoms with Crippen molar-refractivity contribution in [3.8, 4) is 0 Å². The molecule has 0 aromatic carbocycles. The van der Waals surface area contributed by atoms with Gasteiger partial charge in [-0.15, -0.1) is 0 Å². The molecule has 4 atom stereocenters. The molecule has 1 saturated heterocycles. The minimum atomic E-state index is -4.95. The van der Waals surface area contributed by atoms with Gasteiger partial charge in [-0.1, -0.05) is 0 Å². The van der Waals surface area contributed by atoms with Crippen molar-refractivity contribution in [3.05, 3.63) is 0 Å². The van der Waals surface area contributed by atoms with Crippen LogP contribution in [-0.2, 0) is 19.2 Å². The van der Waals surface area contributed by atoms with E-state index in [2.05, 4.69) is 10.6 Å². The van der Waals surface area contributed by atoms with Crippen molar-refractivity contribution in [1.82, 2.24) is 21.3 Å². The molecular weight excluding hydrogens is 426 g/mol. The fourth-order valence-corrected chi connectivity index (χ4v) is 2.70. The summed E-state index contributed by atoms with van der Waals surface area (Å²) in [5.41, 5.74) is 0. The predicted molar refractivity (Wildman–Crippen MR) is 89.6 cm³/mol. The molecule has 1 heterocycles. The van der Waals surface area contributed by atoms with Crippen molar-refractivity contribution >= 4 is 23.6 Å². The second-order valence-corrected chi connectivity index (χ2v) is 7.08. The van der Waals surface area contributed by atoms with Crippen LogP contribution in [0.2, 0.25) is 0 Å². The molecule has 0 saturated carbocycles. The molecule has 0 bridgehead atoms. The lowest BCUT2D eigenvalue weighted by Crippen LogP contribution is -2.52. The molecule has 8 nitrogen and oxygen atoms in total. The van der Waals surface area contributed by atoms with Crippen LogP contribution < -0.4 is 21.3 Å². The Morgan fingerprint density at radius 2 is 0.833 bits per heavy atom. The Bertz CT molecular complexity index is 571. The maximum absolute atomic E-state index is 13.1. The summed E-state index contributed by atoms with van der Waals surface area (Å²) in [6.07, 6.45) is -13.6. The lowest BCUT2D eigenvalue weighted by atomic mass is 10.1.